The molecule has 0 atom stereocenters. The lowest BCUT2D eigenvalue weighted by atomic mass is 9.99. The number of halogens is 2. The number of rotatable bonds is 2. The highest BCUT2D eigenvalue weighted by Gasteiger charge is 2.31. The summed E-state index contributed by atoms with van der Waals surface area (Å²) >= 11 is 0. The summed E-state index contributed by atoms with van der Waals surface area (Å²) in [5, 5.41) is 0. The quantitative estimate of drug-likeness (QED) is 0.725. The third-order valence-electron chi connectivity index (χ3n) is 2.55. The summed E-state index contributed by atoms with van der Waals surface area (Å²) in [5.74, 6) is -0.455. The highest BCUT2D eigenvalue weighted by Crippen LogP contribution is 2.35. The first-order chi connectivity index (χ1) is 7.39. The van der Waals surface area contributed by atoms with Gasteiger partial charge in [-0.2, -0.15) is 0 Å². The average molecular weight is 226 g/mol. The molecule has 0 spiro atoms. The molecule has 0 saturated heterocycles. The lowest BCUT2D eigenvalue weighted by molar-refractivity contribution is 0.0678. The van der Waals surface area contributed by atoms with Crippen molar-refractivity contribution in [3.63, 3.8) is 0 Å². The molecule has 0 bridgehead atoms. The number of carbonyl (C=O) groups is 1. The van der Waals surface area contributed by atoms with Crippen LogP contribution in [-0.4, -0.2) is 17.8 Å². The van der Waals surface area contributed by atoms with E-state index in [1.165, 1.54) is 12.1 Å². The van der Waals surface area contributed by atoms with E-state index < -0.39 is 12.2 Å². The predicted octanol–water partition coefficient (Wildman–Crippen LogP) is 2.85. The Labute approximate surface area is 92.2 Å². The van der Waals surface area contributed by atoms with Gasteiger partial charge in [0.2, 0.25) is 5.78 Å². The third kappa shape index (κ3) is 1.92. The molecule has 1 aromatic rings. The van der Waals surface area contributed by atoms with Gasteiger partial charge in [-0.1, -0.05) is 0 Å². The SMILES string of the molecule is CC1(C)Cc2cc(C(=O)C(F)F)ccc2O1. The first-order valence-electron chi connectivity index (χ1n) is 5.03. The predicted molar refractivity (Wildman–Crippen MR) is 55.2 cm³/mol. The van der Waals surface area contributed by atoms with Crippen molar-refractivity contribution < 1.29 is 18.3 Å². The molecule has 86 valence electrons. The number of hydrogen-bond donors (Lipinski definition) is 0. The Hall–Kier alpha value is -1.45. The molecule has 2 nitrogen and oxygen atoms in total. The van der Waals surface area contributed by atoms with E-state index in [4.69, 9.17) is 4.74 Å². The molecule has 1 aliphatic heterocycles. The van der Waals surface area contributed by atoms with E-state index in [0.717, 1.165) is 5.56 Å². The molecule has 2 rings (SSSR count). The van der Waals surface area contributed by atoms with E-state index in [9.17, 15) is 13.6 Å². The number of ether oxygens (including phenoxy) is 1. The summed E-state index contributed by atoms with van der Waals surface area (Å²) in [4.78, 5) is 11.1. The minimum atomic E-state index is -2.95. The minimum Gasteiger partial charge on any atom is -0.487 e. The molecule has 0 radical (unpaired) electrons. The van der Waals surface area contributed by atoms with Gasteiger partial charge in [0, 0.05) is 12.0 Å². The van der Waals surface area contributed by atoms with Crippen LogP contribution in [0, 0.1) is 0 Å². The Bertz CT molecular complexity index is 439. The summed E-state index contributed by atoms with van der Waals surface area (Å²) in [6.45, 7) is 3.84. The zero-order chi connectivity index (χ0) is 11.9. The lowest BCUT2D eigenvalue weighted by Gasteiger charge is -2.16. The van der Waals surface area contributed by atoms with Crippen LogP contribution in [0.1, 0.15) is 29.8 Å². The van der Waals surface area contributed by atoms with Gasteiger partial charge in [0.25, 0.3) is 0 Å². The van der Waals surface area contributed by atoms with Gasteiger partial charge < -0.3 is 4.74 Å². The van der Waals surface area contributed by atoms with Crippen LogP contribution < -0.4 is 4.74 Å². The largest absolute Gasteiger partial charge is 0.487 e. The molecule has 1 aliphatic rings. The van der Waals surface area contributed by atoms with Crippen molar-refractivity contribution in [1.82, 2.24) is 0 Å². The second-order valence-corrected chi connectivity index (χ2v) is 4.53. The maximum Gasteiger partial charge on any atom is 0.300 e. The Morgan fingerprint density at radius 3 is 2.75 bits per heavy atom. The van der Waals surface area contributed by atoms with E-state index in [0.29, 0.717) is 12.2 Å². The highest BCUT2D eigenvalue weighted by atomic mass is 19.3. The van der Waals surface area contributed by atoms with E-state index in [-0.39, 0.29) is 11.2 Å². The van der Waals surface area contributed by atoms with Gasteiger partial charge in [-0.25, -0.2) is 8.78 Å². The topological polar surface area (TPSA) is 26.3 Å². The lowest BCUT2D eigenvalue weighted by Crippen LogP contribution is -2.24. The van der Waals surface area contributed by atoms with Gasteiger partial charge >= 0.3 is 6.43 Å². The number of hydrogen-bond acceptors (Lipinski definition) is 2. The van der Waals surface area contributed by atoms with Crippen LogP contribution in [0.3, 0.4) is 0 Å². The van der Waals surface area contributed by atoms with Crippen molar-refractivity contribution >= 4 is 5.78 Å². The van der Waals surface area contributed by atoms with Crippen molar-refractivity contribution in [2.45, 2.75) is 32.3 Å². The fraction of sp³-hybridized carbons (Fsp3) is 0.417. The van der Waals surface area contributed by atoms with Crippen LogP contribution in [0.2, 0.25) is 0 Å². The van der Waals surface area contributed by atoms with E-state index in [1.54, 1.807) is 6.07 Å². The van der Waals surface area contributed by atoms with Crippen molar-refractivity contribution in [2.75, 3.05) is 0 Å². The summed E-state index contributed by atoms with van der Waals surface area (Å²) < 4.78 is 30.1. The van der Waals surface area contributed by atoms with Crippen LogP contribution in [-0.2, 0) is 6.42 Å². The van der Waals surface area contributed by atoms with Gasteiger partial charge in [-0.3, -0.25) is 4.79 Å². The molecule has 1 heterocycles. The molecular weight excluding hydrogens is 214 g/mol. The van der Waals surface area contributed by atoms with Gasteiger partial charge in [0.1, 0.15) is 11.4 Å². The van der Waals surface area contributed by atoms with Crippen LogP contribution in [0.25, 0.3) is 0 Å². The number of fused-ring (bicyclic) bond motifs is 1. The van der Waals surface area contributed by atoms with Crippen molar-refractivity contribution in [2.24, 2.45) is 0 Å². The number of ketones is 1. The summed E-state index contributed by atoms with van der Waals surface area (Å²) in [6.07, 6.45) is -2.32. The molecule has 0 amide bonds. The third-order valence-corrected chi connectivity index (χ3v) is 2.55. The molecule has 16 heavy (non-hydrogen) atoms. The van der Waals surface area contributed by atoms with Crippen molar-refractivity contribution in [1.29, 1.82) is 0 Å². The fourth-order valence-electron chi connectivity index (χ4n) is 1.89. The molecule has 0 saturated carbocycles. The molecule has 0 unspecified atom stereocenters. The van der Waals surface area contributed by atoms with Gasteiger partial charge in [-0.15, -0.1) is 0 Å². The van der Waals surface area contributed by atoms with Crippen molar-refractivity contribution in [3.8, 4) is 5.75 Å². The maximum atomic E-state index is 12.2. The second-order valence-electron chi connectivity index (χ2n) is 4.53. The monoisotopic (exact) mass is 226 g/mol. The summed E-state index contributed by atoms with van der Waals surface area (Å²) in [7, 11) is 0. The summed E-state index contributed by atoms with van der Waals surface area (Å²) in [6, 6.07) is 4.47. The van der Waals surface area contributed by atoms with Gasteiger partial charge in [0.15, 0.2) is 0 Å². The van der Waals surface area contributed by atoms with Crippen LogP contribution in [0.4, 0.5) is 8.78 Å². The highest BCUT2D eigenvalue weighted by molar-refractivity contribution is 5.98. The standard InChI is InChI=1S/C12H12F2O2/c1-12(2)6-8-5-7(10(15)11(13)14)3-4-9(8)16-12/h3-5,11H,6H2,1-2H3. The summed E-state index contributed by atoms with van der Waals surface area (Å²) in [5.41, 5.74) is 0.543. The minimum absolute atomic E-state index is 0.0510. The van der Waals surface area contributed by atoms with Crippen LogP contribution in [0.5, 0.6) is 5.75 Å². The van der Waals surface area contributed by atoms with Gasteiger partial charge in [-0.05, 0) is 37.6 Å². The Kier molecular flexibility index (Phi) is 2.45. The van der Waals surface area contributed by atoms with E-state index >= 15 is 0 Å². The zero-order valence-electron chi connectivity index (χ0n) is 9.09. The fourth-order valence-corrected chi connectivity index (χ4v) is 1.89. The molecule has 4 heteroatoms. The molecule has 0 aromatic heterocycles. The first kappa shape index (κ1) is 11.0. The van der Waals surface area contributed by atoms with Crippen molar-refractivity contribution in [3.05, 3.63) is 29.3 Å². The van der Waals surface area contributed by atoms with E-state index in [1.807, 2.05) is 13.8 Å². The van der Waals surface area contributed by atoms with Gasteiger partial charge in [0.05, 0.1) is 0 Å². The first-order valence-corrected chi connectivity index (χ1v) is 5.03. The molecule has 0 N–H and O–H groups in total. The Morgan fingerprint density at radius 2 is 2.12 bits per heavy atom. The number of carbonyl (C=O) groups excluding carboxylic acids is 1. The van der Waals surface area contributed by atoms with Crippen LogP contribution >= 0.6 is 0 Å². The Morgan fingerprint density at radius 1 is 1.44 bits per heavy atom. The molecule has 0 fully saturated rings. The number of Topliss-reactive ketones (excluding diaryl/α,β-unsaturated/α-hetero) is 1. The molecular formula is C12H12F2O2. The smallest absolute Gasteiger partial charge is 0.300 e. The number of alkyl halides is 2. The molecule has 1 aromatic carbocycles. The second kappa shape index (κ2) is 3.54. The maximum absolute atomic E-state index is 12.2. The zero-order valence-corrected chi connectivity index (χ0v) is 9.09. The average Bonchev–Trinajstić information content (AvgIpc) is 2.48. The van der Waals surface area contributed by atoms with E-state index in [2.05, 4.69) is 0 Å². The normalized spacial score (nSPS) is 17.1. The Balaban J connectivity index is 2.33. The van der Waals surface area contributed by atoms with Crippen LogP contribution in [0.15, 0.2) is 18.2 Å². The number of benzene rings is 1. The molecule has 0 aliphatic carbocycles.